The lowest BCUT2D eigenvalue weighted by molar-refractivity contribution is 0.0916. The summed E-state index contributed by atoms with van der Waals surface area (Å²) < 4.78 is 0. The van der Waals surface area contributed by atoms with Gasteiger partial charge in [0.2, 0.25) is 0 Å². The molecular formula is C22H25N3O2S. The maximum Gasteiger partial charge on any atom is 0.255 e. The number of nitrogens with zero attached hydrogens (tertiary/aromatic N) is 1. The van der Waals surface area contributed by atoms with Crippen LogP contribution >= 0.6 is 11.3 Å². The van der Waals surface area contributed by atoms with Crippen LogP contribution in [0.2, 0.25) is 0 Å². The molecule has 0 saturated carbocycles. The molecule has 1 aromatic carbocycles. The van der Waals surface area contributed by atoms with Crippen LogP contribution in [0.3, 0.4) is 0 Å². The van der Waals surface area contributed by atoms with Gasteiger partial charge in [-0.1, -0.05) is 31.2 Å². The Balaban J connectivity index is 1.54. The number of thiophene rings is 1. The summed E-state index contributed by atoms with van der Waals surface area (Å²) in [6, 6.07) is 11.6. The number of likely N-dealkylation sites (tertiary alicyclic amines) is 1. The molecule has 6 heteroatoms. The number of nitrogens with one attached hydrogen (secondary N) is 2. The molecule has 1 aliphatic rings. The minimum atomic E-state index is -0.175. The molecule has 1 atom stereocenters. The quantitative estimate of drug-likeness (QED) is 0.691. The number of benzene rings is 1. The Morgan fingerprint density at radius 2 is 1.96 bits per heavy atom. The van der Waals surface area contributed by atoms with E-state index in [1.54, 1.807) is 17.4 Å². The number of aromatic nitrogens is 1. The maximum atomic E-state index is 12.9. The SMILES string of the molecule is CC1CCN([C@H](CNC(=O)c2c[nH]c(=O)c3ccccc23)c2cccs2)CC1. The fourth-order valence-corrected chi connectivity index (χ4v) is 4.77. The highest BCUT2D eigenvalue weighted by Crippen LogP contribution is 2.29. The van der Waals surface area contributed by atoms with E-state index < -0.39 is 0 Å². The van der Waals surface area contributed by atoms with Gasteiger partial charge in [0, 0.05) is 28.4 Å². The van der Waals surface area contributed by atoms with E-state index in [4.69, 9.17) is 0 Å². The van der Waals surface area contributed by atoms with E-state index in [0.717, 1.165) is 19.0 Å². The molecule has 2 aromatic heterocycles. The van der Waals surface area contributed by atoms with Crippen LogP contribution in [0.25, 0.3) is 10.8 Å². The van der Waals surface area contributed by atoms with Crippen LogP contribution in [-0.4, -0.2) is 35.4 Å². The highest BCUT2D eigenvalue weighted by atomic mass is 32.1. The van der Waals surface area contributed by atoms with Gasteiger partial charge in [0.25, 0.3) is 11.5 Å². The number of carbonyl (C=O) groups is 1. The topological polar surface area (TPSA) is 65.2 Å². The Hall–Kier alpha value is -2.44. The minimum Gasteiger partial charge on any atom is -0.350 e. The van der Waals surface area contributed by atoms with Gasteiger partial charge in [-0.25, -0.2) is 0 Å². The van der Waals surface area contributed by atoms with Gasteiger partial charge in [-0.2, -0.15) is 0 Å². The molecule has 1 amide bonds. The number of amides is 1. The predicted molar refractivity (Wildman–Crippen MR) is 114 cm³/mol. The number of H-pyrrole nitrogens is 1. The molecule has 3 aromatic rings. The lowest BCUT2D eigenvalue weighted by Crippen LogP contribution is -2.41. The number of hydrogen-bond donors (Lipinski definition) is 2. The van der Waals surface area contributed by atoms with Gasteiger partial charge in [0.05, 0.1) is 11.6 Å². The summed E-state index contributed by atoms with van der Waals surface area (Å²) in [6.45, 7) is 4.98. The second-order valence-electron chi connectivity index (χ2n) is 7.54. The summed E-state index contributed by atoms with van der Waals surface area (Å²) in [6.07, 6.45) is 3.91. The van der Waals surface area contributed by atoms with Crippen molar-refractivity contribution in [2.45, 2.75) is 25.8 Å². The van der Waals surface area contributed by atoms with Crippen LogP contribution < -0.4 is 10.9 Å². The Kier molecular flexibility index (Phi) is 5.59. The monoisotopic (exact) mass is 395 g/mol. The van der Waals surface area contributed by atoms with E-state index in [0.29, 0.717) is 22.9 Å². The molecule has 146 valence electrons. The van der Waals surface area contributed by atoms with Crippen LogP contribution in [0.5, 0.6) is 0 Å². The number of carbonyl (C=O) groups excluding carboxylic acids is 1. The first kappa shape index (κ1) is 18.9. The molecule has 0 bridgehead atoms. The summed E-state index contributed by atoms with van der Waals surface area (Å²) in [5.74, 6) is 0.613. The van der Waals surface area contributed by atoms with Crippen molar-refractivity contribution in [3.05, 3.63) is 68.8 Å². The number of rotatable bonds is 5. The molecule has 0 unspecified atom stereocenters. The largest absolute Gasteiger partial charge is 0.350 e. The van der Waals surface area contributed by atoms with Crippen molar-refractivity contribution < 1.29 is 4.79 Å². The normalized spacial score (nSPS) is 16.9. The number of aromatic amines is 1. The molecule has 1 saturated heterocycles. The van der Waals surface area contributed by atoms with Gasteiger partial charge >= 0.3 is 0 Å². The van der Waals surface area contributed by atoms with E-state index in [2.05, 4.69) is 39.6 Å². The molecule has 4 rings (SSSR count). The van der Waals surface area contributed by atoms with Crippen molar-refractivity contribution in [1.29, 1.82) is 0 Å². The van der Waals surface area contributed by atoms with Crippen LogP contribution in [0.4, 0.5) is 0 Å². The maximum absolute atomic E-state index is 12.9. The van der Waals surface area contributed by atoms with Gasteiger partial charge in [0.15, 0.2) is 0 Å². The second kappa shape index (κ2) is 8.29. The highest BCUT2D eigenvalue weighted by molar-refractivity contribution is 7.10. The molecule has 0 radical (unpaired) electrons. The first-order valence-electron chi connectivity index (χ1n) is 9.79. The Morgan fingerprint density at radius 3 is 2.68 bits per heavy atom. The minimum absolute atomic E-state index is 0.153. The average Bonchev–Trinajstić information content (AvgIpc) is 3.24. The van der Waals surface area contributed by atoms with Crippen molar-refractivity contribution in [2.24, 2.45) is 5.92 Å². The highest BCUT2D eigenvalue weighted by Gasteiger charge is 2.26. The van der Waals surface area contributed by atoms with E-state index in [9.17, 15) is 9.59 Å². The summed E-state index contributed by atoms with van der Waals surface area (Å²) in [5, 5.41) is 6.42. The zero-order chi connectivity index (χ0) is 19.5. The van der Waals surface area contributed by atoms with E-state index in [1.165, 1.54) is 23.9 Å². The second-order valence-corrected chi connectivity index (χ2v) is 8.52. The summed E-state index contributed by atoms with van der Waals surface area (Å²) >= 11 is 1.74. The van der Waals surface area contributed by atoms with Gasteiger partial charge in [0.1, 0.15) is 0 Å². The van der Waals surface area contributed by atoms with Gasteiger partial charge in [-0.3, -0.25) is 14.5 Å². The van der Waals surface area contributed by atoms with Crippen molar-refractivity contribution in [1.82, 2.24) is 15.2 Å². The lowest BCUT2D eigenvalue weighted by atomic mass is 9.97. The number of hydrogen-bond acceptors (Lipinski definition) is 4. The Morgan fingerprint density at radius 1 is 1.21 bits per heavy atom. The van der Waals surface area contributed by atoms with E-state index in [1.807, 2.05) is 18.2 Å². The lowest BCUT2D eigenvalue weighted by Gasteiger charge is -2.36. The molecule has 0 spiro atoms. The Bertz CT molecular complexity index is 1000. The van der Waals surface area contributed by atoms with Gasteiger partial charge in [-0.15, -0.1) is 11.3 Å². The van der Waals surface area contributed by atoms with Crippen LogP contribution in [0, 0.1) is 5.92 Å². The molecule has 3 heterocycles. The number of pyridine rings is 1. The molecule has 2 N–H and O–H groups in total. The number of fused-ring (bicyclic) bond motifs is 1. The van der Waals surface area contributed by atoms with E-state index in [-0.39, 0.29) is 17.5 Å². The predicted octanol–water partition coefficient (Wildman–Crippen LogP) is 3.79. The molecule has 5 nitrogen and oxygen atoms in total. The summed E-state index contributed by atoms with van der Waals surface area (Å²) in [5.41, 5.74) is 0.332. The molecule has 1 fully saturated rings. The third-order valence-electron chi connectivity index (χ3n) is 5.64. The summed E-state index contributed by atoms with van der Waals surface area (Å²) in [4.78, 5) is 31.4. The van der Waals surface area contributed by atoms with Gasteiger partial charge in [-0.05, 0) is 49.4 Å². The van der Waals surface area contributed by atoms with Crippen LogP contribution in [0.1, 0.15) is 41.0 Å². The van der Waals surface area contributed by atoms with Crippen molar-refractivity contribution >= 4 is 28.0 Å². The van der Waals surface area contributed by atoms with Crippen LogP contribution in [0.15, 0.2) is 52.8 Å². The molecule has 1 aliphatic heterocycles. The van der Waals surface area contributed by atoms with Crippen molar-refractivity contribution in [3.8, 4) is 0 Å². The third kappa shape index (κ3) is 3.88. The Labute approximate surface area is 168 Å². The summed E-state index contributed by atoms with van der Waals surface area (Å²) in [7, 11) is 0. The van der Waals surface area contributed by atoms with Crippen LogP contribution in [-0.2, 0) is 0 Å². The fraction of sp³-hybridized carbons (Fsp3) is 0.364. The first-order valence-corrected chi connectivity index (χ1v) is 10.7. The molecular weight excluding hydrogens is 370 g/mol. The van der Waals surface area contributed by atoms with E-state index >= 15 is 0 Å². The van der Waals surface area contributed by atoms with Crippen molar-refractivity contribution in [2.75, 3.05) is 19.6 Å². The van der Waals surface area contributed by atoms with Gasteiger partial charge < -0.3 is 10.3 Å². The molecule has 28 heavy (non-hydrogen) atoms. The zero-order valence-electron chi connectivity index (χ0n) is 16.0. The smallest absolute Gasteiger partial charge is 0.255 e. The average molecular weight is 396 g/mol. The zero-order valence-corrected chi connectivity index (χ0v) is 16.8. The third-order valence-corrected chi connectivity index (χ3v) is 6.61. The molecule has 0 aliphatic carbocycles. The fourth-order valence-electron chi connectivity index (χ4n) is 3.91. The van der Waals surface area contributed by atoms with Crippen molar-refractivity contribution in [3.63, 3.8) is 0 Å². The standard InChI is InChI=1S/C22H25N3O2S/c1-15-8-10-25(11-9-15)19(20-7-4-12-28-20)14-24-22(27)18-13-23-21(26)17-6-3-2-5-16(17)18/h2-7,12-13,15,19H,8-11,14H2,1H3,(H,23,26)(H,24,27)/t19-/m1/s1. The first-order chi connectivity index (χ1) is 13.6. The number of piperidine rings is 1.